The molecule has 0 unspecified atom stereocenters. The Morgan fingerprint density at radius 1 is 1.10 bits per heavy atom. The number of ether oxygens (including phenoxy) is 2. The number of anilines is 1. The molecule has 0 bridgehead atoms. The summed E-state index contributed by atoms with van der Waals surface area (Å²) in [6.45, 7) is 8.93. The molecule has 3 aromatic rings. The fourth-order valence-electron chi connectivity index (χ4n) is 4.21. The molecule has 160 valence electrons. The number of aromatic nitrogens is 3. The minimum absolute atomic E-state index is 0.0973. The van der Waals surface area contributed by atoms with Gasteiger partial charge >= 0.3 is 0 Å². The van der Waals surface area contributed by atoms with E-state index < -0.39 is 0 Å². The van der Waals surface area contributed by atoms with Gasteiger partial charge in [0, 0.05) is 48.8 Å². The number of nitrogens with one attached hydrogen (secondary N) is 1. The van der Waals surface area contributed by atoms with Crippen LogP contribution < -0.4 is 9.64 Å². The van der Waals surface area contributed by atoms with Crippen LogP contribution >= 0.6 is 0 Å². The normalized spacial score (nSPS) is 15.7. The molecular formula is C24H32N4O2. The Labute approximate surface area is 178 Å². The molecule has 3 heterocycles. The molecule has 0 spiro atoms. The number of piperidine rings is 1. The second-order valence-electron chi connectivity index (χ2n) is 9.14. The lowest BCUT2D eigenvalue weighted by molar-refractivity contribution is 0.181. The van der Waals surface area contributed by atoms with Crippen LogP contribution in [0.5, 0.6) is 5.75 Å². The van der Waals surface area contributed by atoms with Gasteiger partial charge in [-0.05, 0) is 42.5 Å². The Morgan fingerprint density at radius 3 is 2.53 bits per heavy atom. The number of H-pyrrole nitrogens is 1. The van der Waals surface area contributed by atoms with Crippen molar-refractivity contribution in [1.82, 2.24) is 15.0 Å². The molecule has 30 heavy (non-hydrogen) atoms. The minimum Gasteiger partial charge on any atom is -0.497 e. The summed E-state index contributed by atoms with van der Waals surface area (Å²) in [5.74, 6) is 3.32. The maximum absolute atomic E-state index is 5.43. The van der Waals surface area contributed by atoms with E-state index in [2.05, 4.69) is 55.1 Å². The summed E-state index contributed by atoms with van der Waals surface area (Å²) in [6.07, 6.45) is 4.36. The van der Waals surface area contributed by atoms with Crippen molar-refractivity contribution in [2.75, 3.05) is 32.2 Å². The van der Waals surface area contributed by atoms with Gasteiger partial charge in [-0.3, -0.25) is 0 Å². The van der Waals surface area contributed by atoms with Gasteiger partial charge in [0.1, 0.15) is 17.4 Å². The Kier molecular flexibility index (Phi) is 5.69. The predicted octanol–water partition coefficient (Wildman–Crippen LogP) is 4.79. The van der Waals surface area contributed by atoms with E-state index >= 15 is 0 Å². The Balaban J connectivity index is 1.54. The van der Waals surface area contributed by atoms with Crippen molar-refractivity contribution in [3.63, 3.8) is 0 Å². The number of hydrogen-bond acceptors (Lipinski definition) is 5. The zero-order valence-electron chi connectivity index (χ0n) is 18.7. The quantitative estimate of drug-likeness (QED) is 0.657. The van der Waals surface area contributed by atoms with E-state index in [4.69, 9.17) is 19.4 Å². The van der Waals surface area contributed by atoms with Crippen LogP contribution in [0.1, 0.15) is 56.6 Å². The standard InChI is InChI=1S/C24H32N4O2/c1-24(2,3)23-26-17(15-29-4)12-22(27-23)28-10-8-16(9-11-28)20-14-25-21-7-6-18(30-5)13-19(20)21/h6-7,12-14,16,25H,8-11,15H2,1-5H3. The van der Waals surface area contributed by atoms with Crippen molar-refractivity contribution >= 4 is 16.7 Å². The van der Waals surface area contributed by atoms with E-state index in [1.165, 1.54) is 16.5 Å². The molecule has 6 nitrogen and oxygen atoms in total. The molecule has 6 heteroatoms. The Morgan fingerprint density at radius 2 is 1.87 bits per heavy atom. The molecule has 2 aromatic heterocycles. The lowest BCUT2D eigenvalue weighted by atomic mass is 9.89. The average Bonchev–Trinajstić information content (AvgIpc) is 3.16. The number of nitrogens with zero attached hydrogens (tertiary/aromatic N) is 3. The summed E-state index contributed by atoms with van der Waals surface area (Å²) in [5, 5.41) is 1.27. The molecule has 4 rings (SSSR count). The van der Waals surface area contributed by atoms with Crippen molar-refractivity contribution in [3.05, 3.63) is 47.5 Å². The monoisotopic (exact) mass is 408 g/mol. The smallest absolute Gasteiger partial charge is 0.136 e. The Bertz CT molecular complexity index is 1010. The first-order valence-electron chi connectivity index (χ1n) is 10.7. The summed E-state index contributed by atoms with van der Waals surface area (Å²) in [7, 11) is 3.43. The first-order valence-corrected chi connectivity index (χ1v) is 10.7. The van der Waals surface area contributed by atoms with Crippen LogP contribution in [0.15, 0.2) is 30.5 Å². The molecule has 0 radical (unpaired) electrons. The molecule has 1 N–H and O–H groups in total. The summed E-state index contributed by atoms with van der Waals surface area (Å²) < 4.78 is 10.8. The van der Waals surface area contributed by atoms with Crippen LogP contribution in [-0.2, 0) is 16.8 Å². The molecule has 0 aliphatic carbocycles. The molecule has 1 aliphatic heterocycles. The molecule has 1 aliphatic rings. The summed E-state index contributed by atoms with van der Waals surface area (Å²) in [5.41, 5.74) is 3.41. The van der Waals surface area contributed by atoms with Gasteiger partial charge in [0.15, 0.2) is 0 Å². The SMILES string of the molecule is COCc1cc(N2CCC(c3c[nH]c4ccc(OC)cc34)CC2)nc(C(C)(C)C)n1. The maximum atomic E-state index is 5.43. The number of benzene rings is 1. The predicted molar refractivity (Wildman–Crippen MR) is 120 cm³/mol. The number of fused-ring (bicyclic) bond motifs is 1. The first kappa shape index (κ1) is 20.7. The van der Waals surface area contributed by atoms with E-state index in [0.29, 0.717) is 12.5 Å². The zero-order chi connectivity index (χ0) is 21.3. The van der Waals surface area contributed by atoms with Crippen molar-refractivity contribution in [3.8, 4) is 5.75 Å². The largest absolute Gasteiger partial charge is 0.497 e. The van der Waals surface area contributed by atoms with Crippen molar-refractivity contribution in [2.24, 2.45) is 0 Å². The van der Waals surface area contributed by atoms with Gasteiger partial charge in [-0.1, -0.05) is 20.8 Å². The van der Waals surface area contributed by atoms with Gasteiger partial charge in [-0.25, -0.2) is 9.97 Å². The van der Waals surface area contributed by atoms with Crippen LogP contribution in [0.25, 0.3) is 10.9 Å². The van der Waals surface area contributed by atoms with Crippen LogP contribution in [0, 0.1) is 0 Å². The maximum Gasteiger partial charge on any atom is 0.136 e. The summed E-state index contributed by atoms with van der Waals surface area (Å²) in [6, 6.07) is 8.32. The van der Waals surface area contributed by atoms with E-state index in [1.807, 2.05) is 6.07 Å². The minimum atomic E-state index is -0.0973. The molecule has 0 atom stereocenters. The second-order valence-corrected chi connectivity index (χ2v) is 9.14. The van der Waals surface area contributed by atoms with Crippen LogP contribution in [0.3, 0.4) is 0 Å². The molecule has 0 amide bonds. The highest BCUT2D eigenvalue weighted by Crippen LogP contribution is 2.36. The third kappa shape index (κ3) is 4.15. The van der Waals surface area contributed by atoms with E-state index in [0.717, 1.165) is 49.0 Å². The third-order valence-corrected chi connectivity index (χ3v) is 5.91. The van der Waals surface area contributed by atoms with Gasteiger partial charge in [0.25, 0.3) is 0 Å². The summed E-state index contributed by atoms with van der Waals surface area (Å²) >= 11 is 0. The number of hydrogen-bond donors (Lipinski definition) is 1. The highest BCUT2D eigenvalue weighted by Gasteiger charge is 2.26. The van der Waals surface area contributed by atoms with Gasteiger partial charge < -0.3 is 19.4 Å². The fourth-order valence-corrected chi connectivity index (χ4v) is 4.21. The van der Waals surface area contributed by atoms with Crippen LogP contribution in [0.4, 0.5) is 5.82 Å². The fraction of sp³-hybridized carbons (Fsp3) is 0.500. The molecule has 1 saturated heterocycles. The van der Waals surface area contributed by atoms with Gasteiger partial charge in [0.2, 0.25) is 0 Å². The molecular weight excluding hydrogens is 376 g/mol. The van der Waals surface area contributed by atoms with Crippen LogP contribution in [0.2, 0.25) is 0 Å². The zero-order valence-corrected chi connectivity index (χ0v) is 18.7. The second kappa shape index (κ2) is 8.26. The lowest BCUT2D eigenvalue weighted by Gasteiger charge is -2.33. The molecule has 1 fully saturated rings. The number of rotatable bonds is 5. The van der Waals surface area contributed by atoms with E-state index in [-0.39, 0.29) is 5.41 Å². The molecule has 1 aromatic carbocycles. The van der Waals surface area contributed by atoms with E-state index in [1.54, 1.807) is 14.2 Å². The topological polar surface area (TPSA) is 63.3 Å². The van der Waals surface area contributed by atoms with Gasteiger partial charge in [-0.15, -0.1) is 0 Å². The summed E-state index contributed by atoms with van der Waals surface area (Å²) in [4.78, 5) is 15.4. The average molecular weight is 409 g/mol. The first-order chi connectivity index (χ1) is 14.4. The van der Waals surface area contributed by atoms with Crippen LogP contribution in [-0.4, -0.2) is 42.3 Å². The van der Waals surface area contributed by atoms with Gasteiger partial charge in [-0.2, -0.15) is 0 Å². The third-order valence-electron chi connectivity index (χ3n) is 5.91. The van der Waals surface area contributed by atoms with Crippen molar-refractivity contribution in [2.45, 2.75) is 51.6 Å². The Hall–Kier alpha value is -2.60. The highest BCUT2D eigenvalue weighted by molar-refractivity contribution is 5.85. The van der Waals surface area contributed by atoms with Crippen molar-refractivity contribution in [1.29, 1.82) is 0 Å². The lowest BCUT2D eigenvalue weighted by Crippen LogP contribution is -2.34. The highest BCUT2D eigenvalue weighted by atomic mass is 16.5. The number of methoxy groups -OCH3 is 2. The van der Waals surface area contributed by atoms with E-state index in [9.17, 15) is 0 Å². The number of aromatic amines is 1. The van der Waals surface area contributed by atoms with Gasteiger partial charge in [0.05, 0.1) is 19.4 Å². The molecule has 0 saturated carbocycles. The van der Waals surface area contributed by atoms with Crippen molar-refractivity contribution < 1.29 is 9.47 Å².